The van der Waals surface area contributed by atoms with E-state index in [1.54, 1.807) is 13.8 Å². The van der Waals surface area contributed by atoms with Crippen LogP contribution in [0.2, 0.25) is 0 Å². The van der Waals surface area contributed by atoms with Crippen molar-refractivity contribution < 1.29 is 22.7 Å². The topological polar surface area (TPSA) is 73.5 Å². The number of esters is 1. The minimum Gasteiger partial charge on any atom is -0.462 e. The van der Waals surface area contributed by atoms with Crippen LogP contribution in [0.15, 0.2) is 40.5 Å². The van der Waals surface area contributed by atoms with Crippen molar-refractivity contribution in [1.29, 1.82) is 0 Å². The Morgan fingerprint density at radius 3 is 2.61 bits per heavy atom. The van der Waals surface area contributed by atoms with Crippen molar-refractivity contribution in [3.8, 4) is 0 Å². The molecule has 0 bridgehead atoms. The number of carbonyl (C=O) groups is 1. The first kappa shape index (κ1) is 19.7. The number of rotatable bonds is 4. The Balaban J connectivity index is 1.95. The maximum atomic E-state index is 12.7. The number of nitrogens with zero attached hydrogens (tertiary/aromatic N) is 3. The monoisotopic (exact) mass is 409 g/mol. The Labute approximate surface area is 160 Å². The Morgan fingerprint density at radius 2 is 2.00 bits per heavy atom. The number of hydrogen-bond acceptors (Lipinski definition) is 6. The van der Waals surface area contributed by atoms with Gasteiger partial charge in [-0.2, -0.15) is 22.9 Å². The van der Waals surface area contributed by atoms with Crippen molar-refractivity contribution in [2.24, 2.45) is 5.10 Å². The van der Waals surface area contributed by atoms with E-state index in [2.05, 4.69) is 10.1 Å². The minimum absolute atomic E-state index is 0.210. The highest BCUT2D eigenvalue weighted by molar-refractivity contribution is 7.20. The first-order chi connectivity index (χ1) is 13.2. The van der Waals surface area contributed by atoms with Gasteiger partial charge < -0.3 is 4.74 Å². The average molecular weight is 409 g/mol. The summed E-state index contributed by atoms with van der Waals surface area (Å²) in [7, 11) is 0. The summed E-state index contributed by atoms with van der Waals surface area (Å²) in [6.45, 7) is 3.52. The number of halogens is 3. The number of benzene rings is 1. The van der Waals surface area contributed by atoms with Gasteiger partial charge in [-0.15, -0.1) is 11.3 Å². The van der Waals surface area contributed by atoms with Crippen molar-refractivity contribution in [2.45, 2.75) is 20.0 Å². The van der Waals surface area contributed by atoms with Gasteiger partial charge in [0.05, 0.1) is 23.8 Å². The van der Waals surface area contributed by atoms with Gasteiger partial charge in [0.25, 0.3) is 5.56 Å². The summed E-state index contributed by atoms with van der Waals surface area (Å²) < 4.78 is 43.7. The van der Waals surface area contributed by atoms with Crippen LogP contribution < -0.4 is 5.56 Å². The van der Waals surface area contributed by atoms with Gasteiger partial charge in [0.15, 0.2) is 0 Å². The van der Waals surface area contributed by atoms with E-state index in [0.717, 1.165) is 28.1 Å². The van der Waals surface area contributed by atoms with Crippen molar-refractivity contribution in [3.63, 3.8) is 0 Å². The molecule has 2 heterocycles. The molecule has 10 heteroatoms. The third kappa shape index (κ3) is 3.81. The number of carbonyl (C=O) groups excluding carboxylic acids is 1. The highest BCUT2D eigenvalue weighted by atomic mass is 32.1. The molecule has 6 nitrogen and oxygen atoms in total. The van der Waals surface area contributed by atoms with Gasteiger partial charge in [0, 0.05) is 0 Å². The minimum atomic E-state index is -4.42. The van der Waals surface area contributed by atoms with Crippen LogP contribution >= 0.6 is 11.3 Å². The van der Waals surface area contributed by atoms with E-state index in [0.29, 0.717) is 20.8 Å². The maximum Gasteiger partial charge on any atom is 0.416 e. The predicted molar refractivity (Wildman–Crippen MR) is 99.0 cm³/mol. The van der Waals surface area contributed by atoms with E-state index in [4.69, 9.17) is 4.74 Å². The summed E-state index contributed by atoms with van der Waals surface area (Å²) in [5.74, 6) is -0.526. The number of fused-ring (bicyclic) bond motifs is 1. The summed E-state index contributed by atoms with van der Waals surface area (Å²) >= 11 is 1.06. The smallest absolute Gasteiger partial charge is 0.416 e. The number of hydrogen-bond donors (Lipinski definition) is 0. The number of aromatic nitrogens is 2. The second kappa shape index (κ2) is 7.55. The molecule has 0 unspecified atom stereocenters. The summed E-state index contributed by atoms with van der Waals surface area (Å²) in [5.41, 5.74) is -0.424. The van der Waals surface area contributed by atoms with Crippen LogP contribution in [0.1, 0.15) is 33.3 Å². The van der Waals surface area contributed by atoms with Crippen molar-refractivity contribution >= 4 is 33.7 Å². The molecule has 0 aliphatic carbocycles. The summed E-state index contributed by atoms with van der Waals surface area (Å²) in [4.78, 5) is 29.5. The summed E-state index contributed by atoms with van der Waals surface area (Å²) in [6.07, 6.45) is -1.98. The van der Waals surface area contributed by atoms with Gasteiger partial charge >= 0.3 is 12.1 Å². The highest BCUT2D eigenvalue weighted by Crippen LogP contribution is 2.29. The zero-order valence-electron chi connectivity index (χ0n) is 14.8. The van der Waals surface area contributed by atoms with Crippen molar-refractivity contribution in [3.05, 3.63) is 62.5 Å². The standard InChI is InChI=1S/C18H14F3N3O3S/c1-3-27-17(26)14-10(2)13-15(28-14)22-9-24(16(13)25)23-8-11-4-6-12(7-5-11)18(19,20)21/h4-9H,3H2,1-2H3/b23-8-. The molecule has 0 aliphatic heterocycles. The Morgan fingerprint density at radius 1 is 1.32 bits per heavy atom. The quantitative estimate of drug-likeness (QED) is 0.485. The predicted octanol–water partition coefficient (Wildman–Crippen LogP) is 3.84. The molecule has 2 aromatic heterocycles. The van der Waals surface area contributed by atoms with E-state index in [9.17, 15) is 22.8 Å². The fourth-order valence-corrected chi connectivity index (χ4v) is 3.51. The zero-order chi connectivity index (χ0) is 20.5. The second-order valence-electron chi connectivity index (χ2n) is 5.72. The molecule has 0 atom stereocenters. The van der Waals surface area contributed by atoms with Gasteiger partial charge in [-0.05, 0) is 37.1 Å². The lowest BCUT2D eigenvalue weighted by molar-refractivity contribution is -0.137. The highest BCUT2D eigenvalue weighted by Gasteiger charge is 2.29. The molecule has 1 aromatic carbocycles. The first-order valence-corrected chi connectivity index (χ1v) is 8.93. The van der Waals surface area contributed by atoms with Crippen LogP contribution in [-0.2, 0) is 10.9 Å². The molecular weight excluding hydrogens is 395 g/mol. The number of alkyl halides is 3. The van der Waals surface area contributed by atoms with E-state index >= 15 is 0 Å². The molecule has 28 heavy (non-hydrogen) atoms. The SMILES string of the molecule is CCOC(=O)c1sc2ncn(/N=C\c3ccc(C(F)(F)F)cc3)c(=O)c2c1C. The molecule has 0 radical (unpaired) electrons. The number of ether oxygens (including phenoxy) is 1. The Hall–Kier alpha value is -3.01. The van der Waals surface area contributed by atoms with Crippen LogP contribution in [0, 0.1) is 6.92 Å². The van der Waals surface area contributed by atoms with Crippen LogP contribution in [0.4, 0.5) is 13.2 Å². The molecule has 3 rings (SSSR count). The van der Waals surface area contributed by atoms with E-state index in [1.165, 1.54) is 24.7 Å². The largest absolute Gasteiger partial charge is 0.462 e. The molecule has 3 aromatic rings. The number of thiophene rings is 1. The van der Waals surface area contributed by atoms with Crippen molar-refractivity contribution in [1.82, 2.24) is 9.66 Å². The zero-order valence-corrected chi connectivity index (χ0v) is 15.6. The third-order valence-electron chi connectivity index (χ3n) is 3.86. The molecule has 146 valence electrons. The number of aryl methyl sites for hydroxylation is 1. The molecule has 0 saturated heterocycles. The van der Waals surface area contributed by atoms with Crippen LogP contribution in [0.3, 0.4) is 0 Å². The molecule has 0 fully saturated rings. The van der Waals surface area contributed by atoms with E-state index in [1.807, 2.05) is 0 Å². The summed E-state index contributed by atoms with van der Waals surface area (Å²) in [5, 5.41) is 4.22. The lowest BCUT2D eigenvalue weighted by atomic mass is 10.1. The normalized spacial score (nSPS) is 12.0. The van der Waals surface area contributed by atoms with E-state index < -0.39 is 23.3 Å². The van der Waals surface area contributed by atoms with Gasteiger partial charge in [-0.25, -0.2) is 9.78 Å². The Kier molecular flexibility index (Phi) is 5.32. The Bertz CT molecular complexity index is 1120. The first-order valence-electron chi connectivity index (χ1n) is 8.12. The lowest BCUT2D eigenvalue weighted by Gasteiger charge is -2.05. The molecular formula is C18H14F3N3O3S. The maximum absolute atomic E-state index is 12.7. The second-order valence-corrected chi connectivity index (χ2v) is 6.71. The molecule has 0 amide bonds. The molecule has 0 N–H and O–H groups in total. The average Bonchev–Trinajstić information content (AvgIpc) is 2.98. The fourth-order valence-electron chi connectivity index (χ4n) is 2.48. The summed E-state index contributed by atoms with van der Waals surface area (Å²) in [6, 6.07) is 4.36. The van der Waals surface area contributed by atoms with Gasteiger partial charge in [-0.1, -0.05) is 12.1 Å². The fraction of sp³-hybridized carbons (Fsp3) is 0.222. The van der Waals surface area contributed by atoms with Gasteiger partial charge in [-0.3, -0.25) is 4.79 Å². The molecule has 0 saturated carbocycles. The molecule has 0 aliphatic rings. The van der Waals surface area contributed by atoms with Gasteiger partial charge in [0.1, 0.15) is 16.0 Å². The van der Waals surface area contributed by atoms with Crippen molar-refractivity contribution in [2.75, 3.05) is 6.61 Å². The van der Waals surface area contributed by atoms with Crippen LogP contribution in [0.25, 0.3) is 10.2 Å². The van der Waals surface area contributed by atoms with Crippen LogP contribution in [0.5, 0.6) is 0 Å². The molecule has 0 spiro atoms. The van der Waals surface area contributed by atoms with Gasteiger partial charge in [0.2, 0.25) is 0 Å². The van der Waals surface area contributed by atoms with Crippen LogP contribution in [-0.4, -0.2) is 28.5 Å². The van der Waals surface area contributed by atoms with E-state index in [-0.39, 0.29) is 12.0 Å². The third-order valence-corrected chi connectivity index (χ3v) is 5.04. The lowest BCUT2D eigenvalue weighted by Crippen LogP contribution is -2.17.